The maximum absolute atomic E-state index is 9.44. The van der Waals surface area contributed by atoms with Crippen LogP contribution >= 0.6 is 0 Å². The van der Waals surface area contributed by atoms with E-state index in [1.54, 1.807) is 12.1 Å². The van der Waals surface area contributed by atoms with Gasteiger partial charge in [0, 0.05) is 12.0 Å². The fraction of sp³-hybridized carbons (Fsp3) is 0.250. The minimum Gasteiger partial charge on any atom is -0.508 e. The van der Waals surface area contributed by atoms with Crippen LogP contribution in [0.25, 0.3) is 0 Å². The Bertz CT molecular complexity index is 534. The molecule has 1 aliphatic rings. The number of aryl methyl sites for hydroxylation is 1. The molecular weight excluding hydrogens is 224 g/mol. The zero-order valence-electron chi connectivity index (χ0n) is 10.2. The molecule has 92 valence electrons. The summed E-state index contributed by atoms with van der Waals surface area (Å²) < 4.78 is 5.87. The van der Waals surface area contributed by atoms with E-state index in [2.05, 4.69) is 24.3 Å². The van der Waals surface area contributed by atoms with E-state index in [9.17, 15) is 5.11 Å². The van der Waals surface area contributed by atoms with Crippen LogP contribution in [0.1, 0.15) is 17.5 Å². The van der Waals surface area contributed by atoms with Crippen molar-refractivity contribution in [2.75, 3.05) is 0 Å². The van der Waals surface area contributed by atoms with Gasteiger partial charge in [0.2, 0.25) is 0 Å². The fourth-order valence-electron chi connectivity index (χ4n) is 2.44. The van der Waals surface area contributed by atoms with Crippen LogP contribution in [0, 0.1) is 0 Å². The quantitative estimate of drug-likeness (QED) is 0.891. The number of phenols is 1. The van der Waals surface area contributed by atoms with Crippen LogP contribution < -0.4 is 4.74 Å². The Labute approximate surface area is 107 Å². The number of ether oxygens (including phenoxy) is 1. The Morgan fingerprint density at radius 2 is 1.94 bits per heavy atom. The van der Waals surface area contributed by atoms with E-state index in [0.29, 0.717) is 5.75 Å². The number of fused-ring (bicyclic) bond motifs is 1. The highest BCUT2D eigenvalue weighted by atomic mass is 16.5. The van der Waals surface area contributed by atoms with Crippen LogP contribution in [0.4, 0.5) is 0 Å². The number of phenolic OH excluding ortho intramolecular Hbond substituents is 1. The van der Waals surface area contributed by atoms with E-state index in [1.165, 1.54) is 5.56 Å². The molecule has 2 aromatic carbocycles. The first-order valence-corrected chi connectivity index (χ1v) is 6.34. The van der Waals surface area contributed by atoms with Crippen molar-refractivity contribution in [1.82, 2.24) is 0 Å². The van der Waals surface area contributed by atoms with E-state index in [1.807, 2.05) is 12.1 Å². The highest BCUT2D eigenvalue weighted by Gasteiger charge is 2.22. The van der Waals surface area contributed by atoms with Crippen molar-refractivity contribution in [2.24, 2.45) is 0 Å². The second kappa shape index (κ2) is 4.73. The number of hydrogen-bond acceptors (Lipinski definition) is 2. The van der Waals surface area contributed by atoms with Gasteiger partial charge >= 0.3 is 0 Å². The molecule has 1 atom stereocenters. The predicted molar refractivity (Wildman–Crippen MR) is 71.0 cm³/mol. The number of hydrogen-bond donors (Lipinski definition) is 1. The molecule has 1 heterocycles. The average Bonchev–Trinajstić information content (AvgIpc) is 2.79. The molecular formula is C16H16O2. The molecule has 1 N–H and O–H groups in total. The summed E-state index contributed by atoms with van der Waals surface area (Å²) in [7, 11) is 0. The fourth-order valence-corrected chi connectivity index (χ4v) is 2.44. The smallest absolute Gasteiger partial charge is 0.123 e. The molecule has 2 aromatic rings. The standard InChI is InChI=1S/C16H16O2/c17-14-7-9-16-13(10-14)11-15(18-16)8-6-12-4-2-1-3-5-12/h1-5,7,9-10,15,17H,6,8,11H2/t15-/m1/s1. The third-order valence-corrected chi connectivity index (χ3v) is 3.38. The molecule has 0 spiro atoms. The minimum atomic E-state index is 0.238. The van der Waals surface area contributed by atoms with E-state index in [4.69, 9.17) is 4.74 Å². The maximum Gasteiger partial charge on any atom is 0.123 e. The van der Waals surface area contributed by atoms with Crippen LogP contribution in [-0.2, 0) is 12.8 Å². The molecule has 0 unspecified atom stereocenters. The molecule has 0 bridgehead atoms. The van der Waals surface area contributed by atoms with Gasteiger partial charge < -0.3 is 9.84 Å². The summed E-state index contributed by atoms with van der Waals surface area (Å²) in [5.74, 6) is 1.24. The van der Waals surface area contributed by atoms with Crippen molar-refractivity contribution in [2.45, 2.75) is 25.4 Å². The SMILES string of the molecule is Oc1ccc2c(c1)C[C@@H](CCc1ccccc1)O2. The first kappa shape index (κ1) is 11.1. The lowest BCUT2D eigenvalue weighted by Crippen LogP contribution is -2.13. The normalized spacial score (nSPS) is 17.2. The lowest BCUT2D eigenvalue weighted by Gasteiger charge is -2.10. The molecule has 0 saturated carbocycles. The van der Waals surface area contributed by atoms with Crippen molar-refractivity contribution in [3.8, 4) is 11.5 Å². The Morgan fingerprint density at radius 1 is 1.11 bits per heavy atom. The number of rotatable bonds is 3. The van der Waals surface area contributed by atoms with Crippen molar-refractivity contribution in [3.63, 3.8) is 0 Å². The van der Waals surface area contributed by atoms with Gasteiger partial charge in [0.1, 0.15) is 17.6 Å². The van der Waals surface area contributed by atoms with Gasteiger partial charge in [0.05, 0.1) is 0 Å². The first-order chi connectivity index (χ1) is 8.81. The summed E-state index contributed by atoms with van der Waals surface area (Å²) in [5, 5.41) is 9.44. The molecule has 0 saturated heterocycles. The molecule has 0 aliphatic carbocycles. The Hall–Kier alpha value is -1.96. The summed E-state index contributed by atoms with van der Waals surface area (Å²) >= 11 is 0. The lowest BCUT2D eigenvalue weighted by atomic mass is 10.0. The Balaban J connectivity index is 1.61. The van der Waals surface area contributed by atoms with Crippen molar-refractivity contribution >= 4 is 0 Å². The van der Waals surface area contributed by atoms with Gasteiger partial charge in [-0.3, -0.25) is 0 Å². The molecule has 3 rings (SSSR count). The molecule has 18 heavy (non-hydrogen) atoms. The van der Waals surface area contributed by atoms with E-state index in [0.717, 1.165) is 30.6 Å². The Kier molecular flexibility index (Phi) is 2.93. The molecule has 0 amide bonds. The predicted octanol–water partition coefficient (Wildman–Crippen LogP) is 3.33. The highest BCUT2D eigenvalue weighted by Crippen LogP contribution is 2.32. The van der Waals surface area contributed by atoms with Gasteiger partial charge in [0.15, 0.2) is 0 Å². The van der Waals surface area contributed by atoms with E-state index < -0.39 is 0 Å². The molecule has 0 fully saturated rings. The van der Waals surface area contributed by atoms with Crippen LogP contribution in [0.5, 0.6) is 11.5 Å². The second-order valence-corrected chi connectivity index (χ2v) is 4.76. The van der Waals surface area contributed by atoms with Gasteiger partial charge in [-0.15, -0.1) is 0 Å². The summed E-state index contributed by atoms with van der Waals surface area (Å²) in [6.07, 6.45) is 3.18. The van der Waals surface area contributed by atoms with Gasteiger partial charge in [-0.25, -0.2) is 0 Å². The topological polar surface area (TPSA) is 29.5 Å². The van der Waals surface area contributed by atoms with Crippen LogP contribution in [-0.4, -0.2) is 11.2 Å². The molecule has 0 aromatic heterocycles. The zero-order chi connectivity index (χ0) is 12.4. The summed E-state index contributed by atoms with van der Waals surface area (Å²) in [5.41, 5.74) is 2.47. The molecule has 1 aliphatic heterocycles. The largest absolute Gasteiger partial charge is 0.508 e. The molecule has 2 heteroatoms. The minimum absolute atomic E-state index is 0.238. The van der Waals surface area contributed by atoms with E-state index >= 15 is 0 Å². The van der Waals surface area contributed by atoms with Gasteiger partial charge in [-0.05, 0) is 36.6 Å². The average molecular weight is 240 g/mol. The van der Waals surface area contributed by atoms with Crippen LogP contribution in [0.15, 0.2) is 48.5 Å². The first-order valence-electron chi connectivity index (χ1n) is 6.34. The third kappa shape index (κ3) is 2.33. The zero-order valence-corrected chi connectivity index (χ0v) is 10.2. The highest BCUT2D eigenvalue weighted by molar-refractivity contribution is 5.42. The van der Waals surface area contributed by atoms with E-state index in [-0.39, 0.29) is 6.10 Å². The van der Waals surface area contributed by atoms with Crippen molar-refractivity contribution in [3.05, 3.63) is 59.7 Å². The third-order valence-electron chi connectivity index (χ3n) is 3.38. The lowest BCUT2D eigenvalue weighted by molar-refractivity contribution is 0.222. The summed E-state index contributed by atoms with van der Waals surface area (Å²) in [6, 6.07) is 15.8. The van der Waals surface area contributed by atoms with Gasteiger partial charge in [-0.1, -0.05) is 30.3 Å². The molecule has 2 nitrogen and oxygen atoms in total. The van der Waals surface area contributed by atoms with Gasteiger partial charge in [-0.2, -0.15) is 0 Å². The summed E-state index contributed by atoms with van der Waals surface area (Å²) in [6.45, 7) is 0. The Morgan fingerprint density at radius 3 is 2.78 bits per heavy atom. The van der Waals surface area contributed by atoms with Crippen LogP contribution in [0.3, 0.4) is 0 Å². The second-order valence-electron chi connectivity index (χ2n) is 4.76. The van der Waals surface area contributed by atoms with Crippen LogP contribution in [0.2, 0.25) is 0 Å². The monoisotopic (exact) mass is 240 g/mol. The molecule has 0 radical (unpaired) electrons. The summed E-state index contributed by atoms with van der Waals surface area (Å²) in [4.78, 5) is 0. The van der Waals surface area contributed by atoms with Gasteiger partial charge in [0.25, 0.3) is 0 Å². The number of aromatic hydroxyl groups is 1. The number of benzene rings is 2. The van der Waals surface area contributed by atoms with Crippen molar-refractivity contribution < 1.29 is 9.84 Å². The maximum atomic E-state index is 9.44. The van der Waals surface area contributed by atoms with Crippen molar-refractivity contribution in [1.29, 1.82) is 0 Å².